The molecule has 0 fully saturated rings. The van der Waals surface area contributed by atoms with E-state index in [-0.39, 0.29) is 17.6 Å². The minimum absolute atomic E-state index is 0.0200. The minimum atomic E-state index is -0.198. The molecular formula is C16H18O3S. The number of rotatable bonds is 5. The molecule has 0 amide bonds. The Bertz CT molecular complexity index is 572. The van der Waals surface area contributed by atoms with Crippen LogP contribution >= 0.6 is 11.3 Å². The number of hydrogen-bond acceptors (Lipinski definition) is 4. The topological polar surface area (TPSA) is 46.5 Å². The third kappa shape index (κ3) is 3.61. The van der Waals surface area contributed by atoms with Crippen LogP contribution in [0.15, 0.2) is 36.4 Å². The zero-order valence-electron chi connectivity index (χ0n) is 11.6. The van der Waals surface area contributed by atoms with Crippen molar-refractivity contribution in [2.45, 2.75) is 26.2 Å². The molecule has 0 aliphatic carbocycles. The summed E-state index contributed by atoms with van der Waals surface area (Å²) < 4.78 is 5.06. The summed E-state index contributed by atoms with van der Waals surface area (Å²) in [5.41, 5.74) is 1.01. The van der Waals surface area contributed by atoms with E-state index in [0.29, 0.717) is 13.0 Å². The molecule has 0 aliphatic heterocycles. The fourth-order valence-electron chi connectivity index (χ4n) is 2.12. The molecule has 0 spiro atoms. The molecule has 2 aromatic rings. The van der Waals surface area contributed by atoms with Crippen molar-refractivity contribution in [1.82, 2.24) is 0 Å². The number of esters is 1. The Morgan fingerprint density at radius 3 is 2.50 bits per heavy atom. The molecule has 1 N–H and O–H groups in total. The number of ether oxygens (including phenoxy) is 1. The Labute approximate surface area is 122 Å². The standard InChI is InChI=1S/C16H18O3S/c1-3-19-16(18)10-14(15-9-4-11(2)20-15)12-5-7-13(17)8-6-12/h4-9,14,17H,3,10H2,1-2H3/t14-/m1/s1. The number of phenolic OH excluding ortho intramolecular Hbond substituents is 1. The summed E-state index contributed by atoms with van der Waals surface area (Å²) in [5, 5.41) is 9.39. The largest absolute Gasteiger partial charge is 0.508 e. The third-order valence-electron chi connectivity index (χ3n) is 3.08. The van der Waals surface area contributed by atoms with Gasteiger partial charge in [-0.3, -0.25) is 4.79 Å². The summed E-state index contributed by atoms with van der Waals surface area (Å²) in [6.45, 7) is 4.25. The van der Waals surface area contributed by atoms with E-state index in [4.69, 9.17) is 4.74 Å². The summed E-state index contributed by atoms with van der Waals surface area (Å²) in [4.78, 5) is 14.2. The molecule has 2 rings (SSSR count). The van der Waals surface area contributed by atoms with Crippen LogP contribution in [0.4, 0.5) is 0 Å². The van der Waals surface area contributed by atoms with Crippen molar-refractivity contribution in [3.8, 4) is 5.75 Å². The number of benzene rings is 1. The molecule has 0 radical (unpaired) electrons. The van der Waals surface area contributed by atoms with E-state index in [1.807, 2.05) is 26.0 Å². The van der Waals surface area contributed by atoms with Gasteiger partial charge in [0.2, 0.25) is 0 Å². The van der Waals surface area contributed by atoms with E-state index >= 15 is 0 Å². The van der Waals surface area contributed by atoms with E-state index in [0.717, 1.165) is 10.4 Å². The average Bonchev–Trinajstić information content (AvgIpc) is 2.84. The quantitative estimate of drug-likeness (QED) is 0.851. The second-order valence-electron chi connectivity index (χ2n) is 4.60. The molecule has 1 heterocycles. The molecule has 20 heavy (non-hydrogen) atoms. The SMILES string of the molecule is CCOC(=O)C[C@H](c1ccc(O)cc1)c1ccc(C)s1. The monoisotopic (exact) mass is 290 g/mol. The van der Waals surface area contributed by atoms with Gasteiger partial charge >= 0.3 is 5.97 Å². The molecule has 0 saturated heterocycles. The fraction of sp³-hybridized carbons (Fsp3) is 0.312. The second-order valence-corrected chi connectivity index (χ2v) is 5.92. The van der Waals surface area contributed by atoms with Crippen LogP contribution < -0.4 is 0 Å². The van der Waals surface area contributed by atoms with Gasteiger partial charge < -0.3 is 9.84 Å². The van der Waals surface area contributed by atoms with Crippen molar-refractivity contribution in [1.29, 1.82) is 0 Å². The number of aryl methyl sites for hydroxylation is 1. The van der Waals surface area contributed by atoms with Crippen molar-refractivity contribution in [2.75, 3.05) is 6.61 Å². The molecule has 1 aromatic heterocycles. The Balaban J connectivity index is 2.28. The third-order valence-corrected chi connectivity index (χ3v) is 4.19. The van der Waals surface area contributed by atoms with Crippen molar-refractivity contribution < 1.29 is 14.6 Å². The summed E-state index contributed by atoms with van der Waals surface area (Å²) in [6.07, 6.45) is 0.318. The first-order valence-corrected chi connectivity index (χ1v) is 7.42. The summed E-state index contributed by atoms with van der Waals surface area (Å²) >= 11 is 1.68. The fourth-order valence-corrected chi connectivity index (χ4v) is 3.12. The molecule has 4 heteroatoms. The van der Waals surface area contributed by atoms with Gasteiger partial charge in [0, 0.05) is 15.7 Å². The first kappa shape index (κ1) is 14.6. The normalized spacial score (nSPS) is 12.1. The van der Waals surface area contributed by atoms with Gasteiger partial charge in [0.1, 0.15) is 5.75 Å². The highest BCUT2D eigenvalue weighted by Crippen LogP contribution is 2.33. The van der Waals surface area contributed by atoms with Gasteiger partial charge in [-0.25, -0.2) is 0 Å². The Morgan fingerprint density at radius 1 is 1.25 bits per heavy atom. The number of carbonyl (C=O) groups is 1. The molecular weight excluding hydrogens is 272 g/mol. The van der Waals surface area contributed by atoms with E-state index in [2.05, 4.69) is 12.1 Å². The lowest BCUT2D eigenvalue weighted by Crippen LogP contribution is -2.10. The van der Waals surface area contributed by atoms with Crippen LogP contribution in [-0.2, 0) is 9.53 Å². The van der Waals surface area contributed by atoms with Crippen LogP contribution in [0.2, 0.25) is 0 Å². The number of hydrogen-bond donors (Lipinski definition) is 1. The molecule has 0 aliphatic rings. The maximum Gasteiger partial charge on any atom is 0.306 e. The molecule has 1 atom stereocenters. The van der Waals surface area contributed by atoms with Crippen LogP contribution in [0.3, 0.4) is 0 Å². The lowest BCUT2D eigenvalue weighted by Gasteiger charge is -2.15. The molecule has 1 aromatic carbocycles. The van der Waals surface area contributed by atoms with Gasteiger partial charge in [-0.1, -0.05) is 12.1 Å². The molecule has 0 saturated carbocycles. The number of phenols is 1. The summed E-state index contributed by atoms with van der Waals surface area (Å²) in [6, 6.07) is 11.1. The first-order valence-electron chi connectivity index (χ1n) is 6.61. The van der Waals surface area contributed by atoms with E-state index in [1.54, 1.807) is 23.5 Å². The lowest BCUT2D eigenvalue weighted by molar-refractivity contribution is -0.143. The van der Waals surface area contributed by atoms with Gasteiger partial charge in [-0.2, -0.15) is 0 Å². The van der Waals surface area contributed by atoms with Crippen LogP contribution in [-0.4, -0.2) is 17.7 Å². The maximum atomic E-state index is 11.8. The van der Waals surface area contributed by atoms with Crippen LogP contribution in [0.5, 0.6) is 5.75 Å². The predicted octanol–water partition coefficient (Wildman–Crippen LogP) is 3.85. The predicted molar refractivity (Wildman–Crippen MR) is 80.3 cm³/mol. The van der Waals surface area contributed by atoms with Crippen LogP contribution in [0.25, 0.3) is 0 Å². The van der Waals surface area contributed by atoms with Crippen molar-refractivity contribution in [3.05, 3.63) is 51.7 Å². The molecule has 0 bridgehead atoms. The van der Waals surface area contributed by atoms with E-state index < -0.39 is 0 Å². The zero-order valence-corrected chi connectivity index (χ0v) is 12.4. The zero-order chi connectivity index (χ0) is 14.5. The highest BCUT2D eigenvalue weighted by Gasteiger charge is 2.20. The number of thiophene rings is 1. The van der Waals surface area contributed by atoms with Crippen molar-refractivity contribution in [2.24, 2.45) is 0 Å². The van der Waals surface area contributed by atoms with E-state index in [9.17, 15) is 9.90 Å². The Kier molecular flexibility index (Phi) is 4.79. The van der Waals surface area contributed by atoms with Crippen LogP contribution in [0, 0.1) is 6.92 Å². The van der Waals surface area contributed by atoms with Gasteiger partial charge in [0.05, 0.1) is 13.0 Å². The molecule has 106 valence electrons. The lowest BCUT2D eigenvalue weighted by atomic mass is 9.94. The molecule has 3 nitrogen and oxygen atoms in total. The van der Waals surface area contributed by atoms with Crippen LogP contribution in [0.1, 0.15) is 34.6 Å². The second kappa shape index (κ2) is 6.57. The highest BCUT2D eigenvalue weighted by molar-refractivity contribution is 7.12. The van der Waals surface area contributed by atoms with E-state index in [1.165, 1.54) is 4.88 Å². The number of aromatic hydroxyl groups is 1. The van der Waals surface area contributed by atoms with Gasteiger partial charge in [0.25, 0.3) is 0 Å². The smallest absolute Gasteiger partial charge is 0.306 e. The number of carbonyl (C=O) groups excluding carboxylic acids is 1. The Hall–Kier alpha value is -1.81. The highest BCUT2D eigenvalue weighted by atomic mass is 32.1. The average molecular weight is 290 g/mol. The maximum absolute atomic E-state index is 11.8. The first-order chi connectivity index (χ1) is 9.60. The summed E-state index contributed by atoms with van der Waals surface area (Å²) in [7, 11) is 0. The van der Waals surface area contributed by atoms with Gasteiger partial charge in [-0.05, 0) is 43.7 Å². The van der Waals surface area contributed by atoms with Crippen molar-refractivity contribution >= 4 is 17.3 Å². The minimum Gasteiger partial charge on any atom is -0.508 e. The Morgan fingerprint density at radius 2 is 1.95 bits per heavy atom. The van der Waals surface area contributed by atoms with Gasteiger partial charge in [-0.15, -0.1) is 11.3 Å². The van der Waals surface area contributed by atoms with Gasteiger partial charge in [0.15, 0.2) is 0 Å². The summed E-state index contributed by atoms with van der Waals surface area (Å²) in [5.74, 6) is 0.0102. The molecule has 0 unspecified atom stereocenters. The van der Waals surface area contributed by atoms with Crippen molar-refractivity contribution in [3.63, 3.8) is 0 Å².